The molecule has 0 aromatic heterocycles. The summed E-state index contributed by atoms with van der Waals surface area (Å²) in [6, 6.07) is -0.956. The van der Waals surface area contributed by atoms with E-state index in [1.807, 2.05) is 0 Å². The van der Waals surface area contributed by atoms with Gasteiger partial charge in [-0.3, -0.25) is 19.2 Å². The molecule has 1 aliphatic heterocycles. The van der Waals surface area contributed by atoms with E-state index < -0.39 is 48.6 Å². The van der Waals surface area contributed by atoms with Crippen LogP contribution in [0, 0.1) is 52.3 Å². The highest BCUT2D eigenvalue weighted by Crippen LogP contribution is 2.67. The second-order valence-corrected chi connectivity index (χ2v) is 17.6. The van der Waals surface area contributed by atoms with Crippen LogP contribution in [0.25, 0.3) is 0 Å². The molecule has 0 bridgehead atoms. The van der Waals surface area contributed by atoms with Crippen molar-refractivity contribution in [1.82, 2.24) is 5.32 Å². The van der Waals surface area contributed by atoms with Crippen LogP contribution in [0.5, 0.6) is 0 Å². The molecule has 4 fully saturated rings. The van der Waals surface area contributed by atoms with E-state index in [0.717, 1.165) is 42.9 Å². The number of esters is 3. The largest absolute Gasteiger partial charge is 0.463 e. The van der Waals surface area contributed by atoms with Gasteiger partial charge in [0.15, 0.2) is 18.5 Å². The molecule has 10 nitrogen and oxygen atoms in total. The summed E-state index contributed by atoms with van der Waals surface area (Å²) < 4.78 is 29.6. The molecule has 5 aliphatic rings. The summed E-state index contributed by atoms with van der Waals surface area (Å²) in [4.78, 5) is 48.7. The second-order valence-electron chi connectivity index (χ2n) is 17.6. The Kier molecular flexibility index (Phi) is 12.7. The van der Waals surface area contributed by atoms with Crippen LogP contribution in [-0.4, -0.2) is 67.2 Å². The van der Waals surface area contributed by atoms with Gasteiger partial charge in [0, 0.05) is 27.7 Å². The SMILES string of the molecule is CC(=O)N[C@H]1[C@@H](O[C@H]2CC[C@]3(C)[C@@H]4CC[C@@]5(C)[C@H](CC[C@H]5[C@H](C)CCCC(C)C)[C@H]4C=C[C@H]3C2)O[C@H](COC(C)=O)[C@H](OC(C)=O)[C@@H]1OC(C)=O. The van der Waals surface area contributed by atoms with E-state index in [0.29, 0.717) is 23.2 Å². The summed E-state index contributed by atoms with van der Waals surface area (Å²) >= 11 is 0. The van der Waals surface area contributed by atoms with Gasteiger partial charge in [0.05, 0.1) is 6.10 Å². The fraction of sp³-hybridized carbons (Fsp3) is 0.854. The molecule has 0 aromatic carbocycles. The molecule has 1 heterocycles. The molecule has 0 radical (unpaired) electrons. The number of amides is 1. The van der Waals surface area contributed by atoms with Crippen LogP contribution in [0.2, 0.25) is 0 Å². The number of hydrogen-bond donors (Lipinski definition) is 1. The maximum Gasteiger partial charge on any atom is 0.303 e. The number of carbonyl (C=O) groups is 4. The van der Waals surface area contributed by atoms with E-state index in [4.69, 9.17) is 23.7 Å². The third-order valence-electron chi connectivity index (χ3n) is 13.7. The molecule has 10 heteroatoms. The third kappa shape index (κ3) is 8.69. The Balaban J connectivity index is 1.32. The van der Waals surface area contributed by atoms with Crippen LogP contribution < -0.4 is 5.32 Å². The van der Waals surface area contributed by atoms with Crippen molar-refractivity contribution in [1.29, 1.82) is 0 Å². The van der Waals surface area contributed by atoms with Gasteiger partial charge >= 0.3 is 17.9 Å². The van der Waals surface area contributed by atoms with Gasteiger partial charge in [0.2, 0.25) is 5.91 Å². The van der Waals surface area contributed by atoms with Crippen LogP contribution in [0.3, 0.4) is 0 Å². The topological polar surface area (TPSA) is 126 Å². The number of nitrogens with one attached hydrogen (secondary N) is 1. The average Bonchev–Trinajstić information content (AvgIpc) is 3.39. The fourth-order valence-corrected chi connectivity index (χ4v) is 11.3. The van der Waals surface area contributed by atoms with E-state index in [1.165, 1.54) is 72.6 Å². The van der Waals surface area contributed by atoms with Crippen molar-refractivity contribution in [2.75, 3.05) is 6.61 Å². The Morgan fingerprint density at radius 1 is 0.824 bits per heavy atom. The van der Waals surface area contributed by atoms with Gasteiger partial charge in [-0.15, -0.1) is 0 Å². The van der Waals surface area contributed by atoms with E-state index in [-0.39, 0.29) is 24.0 Å². The summed E-state index contributed by atoms with van der Waals surface area (Å²) in [7, 11) is 0. The molecule has 0 aromatic rings. The highest BCUT2D eigenvalue weighted by molar-refractivity contribution is 5.73. The molecule has 4 aliphatic carbocycles. The highest BCUT2D eigenvalue weighted by atomic mass is 16.7. The van der Waals surface area contributed by atoms with Crippen molar-refractivity contribution in [2.45, 2.75) is 163 Å². The molecule has 0 unspecified atom stereocenters. The monoisotopic (exact) mass is 715 g/mol. The lowest BCUT2D eigenvalue weighted by atomic mass is 9.46. The first kappa shape index (κ1) is 39.7. The number of allylic oxidation sites excluding steroid dienone is 2. The van der Waals surface area contributed by atoms with Crippen molar-refractivity contribution in [3.63, 3.8) is 0 Å². The first-order valence-electron chi connectivity index (χ1n) is 19.8. The van der Waals surface area contributed by atoms with Gasteiger partial charge in [-0.2, -0.15) is 0 Å². The maximum atomic E-state index is 12.5. The predicted molar refractivity (Wildman–Crippen MR) is 192 cm³/mol. The van der Waals surface area contributed by atoms with Gasteiger partial charge in [0.25, 0.3) is 0 Å². The lowest BCUT2D eigenvalue weighted by Crippen LogP contribution is -2.67. The quantitative estimate of drug-likeness (QED) is 0.130. The van der Waals surface area contributed by atoms with Crippen LogP contribution in [0.4, 0.5) is 0 Å². The average molecular weight is 716 g/mol. The van der Waals surface area contributed by atoms with Crippen LogP contribution >= 0.6 is 0 Å². The lowest BCUT2D eigenvalue weighted by Gasteiger charge is -2.59. The van der Waals surface area contributed by atoms with Gasteiger partial charge in [-0.05, 0) is 97.2 Å². The van der Waals surface area contributed by atoms with Gasteiger partial charge in [0.1, 0.15) is 18.8 Å². The first-order chi connectivity index (χ1) is 24.0. The lowest BCUT2D eigenvalue weighted by molar-refractivity contribution is -0.292. The number of rotatable bonds is 12. The molecule has 1 saturated heterocycles. The minimum absolute atomic E-state index is 0.171. The zero-order valence-electron chi connectivity index (χ0n) is 32.6. The zero-order chi connectivity index (χ0) is 37.2. The van der Waals surface area contributed by atoms with Crippen LogP contribution in [0.1, 0.15) is 127 Å². The number of hydrogen-bond acceptors (Lipinski definition) is 9. The minimum Gasteiger partial charge on any atom is -0.463 e. The Hall–Kier alpha value is -2.46. The molecule has 3 saturated carbocycles. The smallest absolute Gasteiger partial charge is 0.303 e. The first-order valence-corrected chi connectivity index (χ1v) is 19.8. The standard InChI is InChI=1S/C41H65NO9/c1-23(2)11-10-12-24(3)32-15-16-33-31-14-13-29-21-30(17-19-40(29,8)34(31)18-20-41(32,33)9)50-39-36(42-25(4)43)38(49-28(7)46)37(48-27(6)45)35(51-39)22-47-26(5)44/h13-14,23-24,29-39H,10-12,15-22H2,1-9H3,(H,42,43)/t24-,29+,30+,31-,32+,33-,34-,35-,36-,37+,38-,39+,40+,41-/m1/s1. The van der Waals surface area contributed by atoms with E-state index >= 15 is 0 Å². The summed E-state index contributed by atoms with van der Waals surface area (Å²) in [5.41, 5.74) is 0.582. The van der Waals surface area contributed by atoms with Crippen molar-refractivity contribution in [3.05, 3.63) is 12.2 Å². The van der Waals surface area contributed by atoms with Crippen LogP contribution in [-0.2, 0) is 42.9 Å². The molecule has 5 rings (SSSR count). The van der Waals surface area contributed by atoms with Crippen molar-refractivity contribution < 1.29 is 42.9 Å². The molecule has 1 N–H and O–H groups in total. The fourth-order valence-electron chi connectivity index (χ4n) is 11.3. The maximum absolute atomic E-state index is 12.5. The molecule has 14 atom stereocenters. The predicted octanol–water partition coefficient (Wildman–Crippen LogP) is 6.93. The van der Waals surface area contributed by atoms with Crippen molar-refractivity contribution in [2.24, 2.45) is 52.3 Å². The highest BCUT2D eigenvalue weighted by Gasteiger charge is 2.60. The third-order valence-corrected chi connectivity index (χ3v) is 13.7. The Bertz CT molecular complexity index is 1300. The number of carbonyl (C=O) groups excluding carboxylic acids is 4. The Morgan fingerprint density at radius 3 is 2.14 bits per heavy atom. The molecule has 1 amide bonds. The minimum atomic E-state index is -1.13. The second kappa shape index (κ2) is 16.3. The van der Waals surface area contributed by atoms with Gasteiger partial charge in [-0.1, -0.05) is 66.0 Å². The molecule has 288 valence electrons. The summed E-state index contributed by atoms with van der Waals surface area (Å²) in [6.07, 6.45) is 12.5. The summed E-state index contributed by atoms with van der Waals surface area (Å²) in [5, 5.41) is 2.84. The van der Waals surface area contributed by atoms with Gasteiger partial charge < -0.3 is 29.0 Å². The molecular formula is C41H65NO9. The zero-order valence-corrected chi connectivity index (χ0v) is 32.6. The summed E-state index contributed by atoms with van der Waals surface area (Å²) in [5.74, 6) is 2.54. The molecule has 51 heavy (non-hydrogen) atoms. The van der Waals surface area contributed by atoms with Gasteiger partial charge in [-0.25, -0.2) is 0 Å². The number of ether oxygens (including phenoxy) is 5. The number of fused-ring (bicyclic) bond motifs is 5. The Labute approximate surface area is 305 Å². The van der Waals surface area contributed by atoms with Crippen molar-refractivity contribution in [3.8, 4) is 0 Å². The normalized spacial score (nSPS) is 40.7. The molecular weight excluding hydrogens is 650 g/mol. The summed E-state index contributed by atoms with van der Waals surface area (Å²) in [6.45, 7) is 17.2. The van der Waals surface area contributed by atoms with Crippen LogP contribution in [0.15, 0.2) is 12.2 Å². The Morgan fingerprint density at radius 2 is 1.49 bits per heavy atom. The van der Waals surface area contributed by atoms with E-state index in [1.54, 1.807) is 0 Å². The van der Waals surface area contributed by atoms with Crippen molar-refractivity contribution >= 4 is 23.8 Å². The van der Waals surface area contributed by atoms with E-state index in [2.05, 4.69) is 52.1 Å². The van der Waals surface area contributed by atoms with E-state index in [9.17, 15) is 19.2 Å². The molecule has 0 spiro atoms.